The molecule has 0 saturated carbocycles. The second-order valence-electron chi connectivity index (χ2n) is 3.42. The van der Waals surface area contributed by atoms with E-state index < -0.39 is 0 Å². The first-order chi connectivity index (χ1) is 8.31. The number of carbonyl (C=O) groups excluding carboxylic acids is 1. The molecular formula is C12H12N4O. The molecule has 17 heavy (non-hydrogen) atoms. The standard InChI is InChI=1S/C12H12N4O/c1-2-13-12(17)10-3-4-11(14-7-10)9-5-6-15-16-8-9/h3-8H,2H2,1H3,(H,13,17). The number of rotatable bonds is 3. The summed E-state index contributed by atoms with van der Waals surface area (Å²) in [5, 5.41) is 10.2. The molecule has 0 spiro atoms. The fraction of sp³-hybridized carbons (Fsp3) is 0.167. The Hall–Kier alpha value is -2.30. The van der Waals surface area contributed by atoms with Gasteiger partial charge in [-0.05, 0) is 25.1 Å². The molecule has 0 aliphatic carbocycles. The molecule has 0 fully saturated rings. The van der Waals surface area contributed by atoms with Gasteiger partial charge in [0, 0.05) is 18.3 Å². The highest BCUT2D eigenvalue weighted by Crippen LogP contribution is 2.14. The predicted octanol–water partition coefficient (Wildman–Crippen LogP) is 1.29. The molecule has 5 heteroatoms. The number of nitrogens with one attached hydrogen (secondary N) is 1. The molecule has 0 aromatic carbocycles. The number of carbonyl (C=O) groups is 1. The second-order valence-corrected chi connectivity index (χ2v) is 3.42. The Labute approximate surface area is 98.9 Å². The zero-order valence-electron chi connectivity index (χ0n) is 9.42. The van der Waals surface area contributed by atoms with Crippen LogP contribution in [0.4, 0.5) is 0 Å². The van der Waals surface area contributed by atoms with Crippen LogP contribution in [0.1, 0.15) is 17.3 Å². The lowest BCUT2D eigenvalue weighted by Crippen LogP contribution is -2.22. The number of amides is 1. The SMILES string of the molecule is CCNC(=O)c1ccc(-c2ccnnc2)nc1. The molecule has 0 bridgehead atoms. The number of nitrogens with zero attached hydrogens (tertiary/aromatic N) is 3. The first-order valence-corrected chi connectivity index (χ1v) is 5.32. The molecule has 86 valence electrons. The number of aromatic nitrogens is 3. The molecule has 1 amide bonds. The van der Waals surface area contributed by atoms with Crippen LogP contribution in [0.15, 0.2) is 36.8 Å². The highest BCUT2D eigenvalue weighted by molar-refractivity contribution is 5.94. The summed E-state index contributed by atoms with van der Waals surface area (Å²) in [4.78, 5) is 15.7. The van der Waals surface area contributed by atoms with E-state index >= 15 is 0 Å². The van der Waals surface area contributed by atoms with Gasteiger partial charge in [0.25, 0.3) is 5.91 Å². The predicted molar refractivity (Wildman–Crippen MR) is 63.3 cm³/mol. The highest BCUT2D eigenvalue weighted by atomic mass is 16.1. The van der Waals surface area contributed by atoms with Gasteiger partial charge in [0.1, 0.15) is 0 Å². The Morgan fingerprint density at radius 2 is 2.12 bits per heavy atom. The van der Waals surface area contributed by atoms with Crippen LogP contribution in [0, 0.1) is 0 Å². The third-order valence-corrected chi connectivity index (χ3v) is 2.24. The lowest BCUT2D eigenvalue weighted by molar-refractivity contribution is 0.0955. The van der Waals surface area contributed by atoms with Gasteiger partial charge in [-0.2, -0.15) is 10.2 Å². The second kappa shape index (κ2) is 5.16. The minimum Gasteiger partial charge on any atom is -0.352 e. The van der Waals surface area contributed by atoms with Gasteiger partial charge in [-0.25, -0.2) is 0 Å². The quantitative estimate of drug-likeness (QED) is 0.859. The van der Waals surface area contributed by atoms with E-state index in [9.17, 15) is 4.79 Å². The van der Waals surface area contributed by atoms with E-state index in [0.717, 1.165) is 11.3 Å². The average Bonchev–Trinajstić information content (AvgIpc) is 2.40. The van der Waals surface area contributed by atoms with Crippen LogP contribution in [-0.4, -0.2) is 27.6 Å². The van der Waals surface area contributed by atoms with Crippen molar-refractivity contribution in [3.05, 3.63) is 42.4 Å². The lowest BCUT2D eigenvalue weighted by Gasteiger charge is -2.03. The molecule has 0 aliphatic heterocycles. The zero-order chi connectivity index (χ0) is 12.1. The minimum atomic E-state index is -0.112. The Balaban J connectivity index is 2.22. The van der Waals surface area contributed by atoms with Crippen LogP contribution in [0.25, 0.3) is 11.3 Å². The van der Waals surface area contributed by atoms with Gasteiger partial charge in [0.2, 0.25) is 0 Å². The van der Waals surface area contributed by atoms with Crippen molar-refractivity contribution in [2.24, 2.45) is 0 Å². The number of hydrogen-bond donors (Lipinski definition) is 1. The van der Waals surface area contributed by atoms with Crippen LogP contribution in [-0.2, 0) is 0 Å². The van der Waals surface area contributed by atoms with E-state index in [-0.39, 0.29) is 5.91 Å². The highest BCUT2D eigenvalue weighted by Gasteiger charge is 2.05. The summed E-state index contributed by atoms with van der Waals surface area (Å²) in [5.74, 6) is -0.112. The van der Waals surface area contributed by atoms with Crippen LogP contribution in [0.3, 0.4) is 0 Å². The molecule has 0 unspecified atom stereocenters. The summed E-state index contributed by atoms with van der Waals surface area (Å²) in [5.41, 5.74) is 2.20. The summed E-state index contributed by atoms with van der Waals surface area (Å²) in [6.45, 7) is 2.48. The van der Waals surface area contributed by atoms with Crippen LogP contribution in [0.5, 0.6) is 0 Å². The Morgan fingerprint density at radius 3 is 2.71 bits per heavy atom. The lowest BCUT2D eigenvalue weighted by atomic mass is 10.2. The monoisotopic (exact) mass is 228 g/mol. The van der Waals surface area contributed by atoms with Crippen molar-refractivity contribution in [3.8, 4) is 11.3 Å². The smallest absolute Gasteiger partial charge is 0.252 e. The third kappa shape index (κ3) is 2.63. The van der Waals surface area contributed by atoms with Gasteiger partial charge in [-0.15, -0.1) is 0 Å². The molecule has 1 N–H and O–H groups in total. The largest absolute Gasteiger partial charge is 0.352 e. The third-order valence-electron chi connectivity index (χ3n) is 2.24. The van der Waals surface area contributed by atoms with E-state index in [1.54, 1.807) is 30.7 Å². The van der Waals surface area contributed by atoms with Crippen LogP contribution in [0.2, 0.25) is 0 Å². The van der Waals surface area contributed by atoms with Crippen molar-refractivity contribution < 1.29 is 4.79 Å². The van der Waals surface area contributed by atoms with Gasteiger partial charge in [0.15, 0.2) is 0 Å². The summed E-state index contributed by atoms with van der Waals surface area (Å²) in [6, 6.07) is 5.36. The van der Waals surface area contributed by atoms with E-state index in [0.29, 0.717) is 12.1 Å². The number of hydrogen-bond acceptors (Lipinski definition) is 4. The van der Waals surface area contributed by atoms with Crippen molar-refractivity contribution >= 4 is 5.91 Å². The van der Waals surface area contributed by atoms with E-state index in [1.165, 1.54) is 0 Å². The van der Waals surface area contributed by atoms with Crippen molar-refractivity contribution in [2.45, 2.75) is 6.92 Å². The Kier molecular flexibility index (Phi) is 3.40. The summed E-state index contributed by atoms with van der Waals surface area (Å²) in [6.07, 6.45) is 4.80. The summed E-state index contributed by atoms with van der Waals surface area (Å²) in [7, 11) is 0. The maximum absolute atomic E-state index is 11.5. The summed E-state index contributed by atoms with van der Waals surface area (Å²) < 4.78 is 0. The molecule has 2 aromatic rings. The molecule has 0 atom stereocenters. The van der Waals surface area contributed by atoms with Crippen LogP contribution < -0.4 is 5.32 Å². The molecule has 0 saturated heterocycles. The maximum Gasteiger partial charge on any atom is 0.252 e. The van der Waals surface area contributed by atoms with Crippen molar-refractivity contribution in [1.29, 1.82) is 0 Å². The molecule has 0 radical (unpaired) electrons. The van der Waals surface area contributed by atoms with E-state index in [4.69, 9.17) is 0 Å². The van der Waals surface area contributed by atoms with Gasteiger partial charge < -0.3 is 5.32 Å². The Bertz CT molecular complexity index is 496. The fourth-order valence-electron chi connectivity index (χ4n) is 1.40. The molecular weight excluding hydrogens is 216 g/mol. The topological polar surface area (TPSA) is 67.8 Å². The van der Waals surface area contributed by atoms with E-state index in [1.807, 2.05) is 13.0 Å². The van der Waals surface area contributed by atoms with Crippen molar-refractivity contribution in [3.63, 3.8) is 0 Å². The number of pyridine rings is 1. The first-order valence-electron chi connectivity index (χ1n) is 5.32. The van der Waals surface area contributed by atoms with Gasteiger partial charge in [-0.1, -0.05) is 0 Å². The maximum atomic E-state index is 11.5. The molecule has 2 heterocycles. The fourth-order valence-corrected chi connectivity index (χ4v) is 1.40. The Morgan fingerprint density at radius 1 is 1.24 bits per heavy atom. The molecule has 2 rings (SSSR count). The van der Waals surface area contributed by atoms with Gasteiger partial charge in [-0.3, -0.25) is 9.78 Å². The summed E-state index contributed by atoms with van der Waals surface area (Å²) >= 11 is 0. The van der Waals surface area contributed by atoms with Gasteiger partial charge >= 0.3 is 0 Å². The normalized spacial score (nSPS) is 9.94. The van der Waals surface area contributed by atoms with Gasteiger partial charge in [0.05, 0.1) is 23.7 Å². The molecule has 5 nitrogen and oxygen atoms in total. The zero-order valence-corrected chi connectivity index (χ0v) is 9.42. The average molecular weight is 228 g/mol. The van der Waals surface area contributed by atoms with Crippen molar-refractivity contribution in [1.82, 2.24) is 20.5 Å². The minimum absolute atomic E-state index is 0.112. The van der Waals surface area contributed by atoms with Crippen LogP contribution >= 0.6 is 0 Å². The van der Waals surface area contributed by atoms with E-state index in [2.05, 4.69) is 20.5 Å². The molecule has 0 aliphatic rings. The molecule has 2 aromatic heterocycles. The first kappa shape index (κ1) is 11.2. The van der Waals surface area contributed by atoms with Crippen molar-refractivity contribution in [2.75, 3.05) is 6.54 Å².